The lowest BCUT2D eigenvalue weighted by molar-refractivity contribution is -0.145. The van der Waals surface area contributed by atoms with Gasteiger partial charge in [-0.1, -0.05) is 6.07 Å². The Morgan fingerprint density at radius 2 is 2.31 bits per heavy atom. The van der Waals surface area contributed by atoms with Gasteiger partial charge < -0.3 is 4.74 Å². The summed E-state index contributed by atoms with van der Waals surface area (Å²) in [6.45, 7) is 3.17. The van der Waals surface area contributed by atoms with Gasteiger partial charge >= 0.3 is 5.97 Å². The third-order valence-corrected chi connectivity index (χ3v) is 1.94. The van der Waals surface area contributed by atoms with Crippen LogP contribution in [0.1, 0.15) is 25.6 Å². The molecule has 1 heterocycles. The number of nitrogens with zero attached hydrogens (tertiary/aromatic N) is 1. The van der Waals surface area contributed by atoms with Crippen LogP contribution in [0.25, 0.3) is 0 Å². The first-order valence-corrected chi connectivity index (χ1v) is 4.68. The van der Waals surface area contributed by atoms with Crippen molar-refractivity contribution in [2.24, 2.45) is 0 Å². The van der Waals surface area contributed by atoms with Crippen molar-refractivity contribution in [1.82, 2.24) is 4.98 Å². The van der Waals surface area contributed by atoms with Gasteiger partial charge in [-0.2, -0.15) is 0 Å². The third-order valence-electron chi connectivity index (χ3n) is 1.50. The lowest BCUT2D eigenvalue weighted by Gasteiger charge is -2.10. The van der Waals surface area contributed by atoms with E-state index in [-0.39, 0.29) is 12.1 Å². The van der Waals surface area contributed by atoms with E-state index in [0.29, 0.717) is 0 Å². The van der Waals surface area contributed by atoms with Gasteiger partial charge in [0.05, 0.1) is 5.69 Å². The van der Waals surface area contributed by atoms with Crippen molar-refractivity contribution in [2.45, 2.75) is 20.0 Å². The van der Waals surface area contributed by atoms with Crippen LogP contribution < -0.4 is 0 Å². The van der Waals surface area contributed by atoms with E-state index >= 15 is 0 Å². The van der Waals surface area contributed by atoms with Crippen LogP contribution in [0.4, 0.5) is 0 Å². The fraction of sp³-hybridized carbons (Fsp3) is 0.333. The molecule has 0 radical (unpaired) electrons. The molecule has 0 saturated carbocycles. The van der Waals surface area contributed by atoms with Crippen LogP contribution in [0.5, 0.6) is 0 Å². The molecule has 0 spiro atoms. The van der Waals surface area contributed by atoms with Gasteiger partial charge in [0.1, 0.15) is 10.7 Å². The fourth-order valence-corrected chi connectivity index (χ4v) is 1.32. The molecule has 0 bridgehead atoms. The smallest absolute Gasteiger partial charge is 0.303 e. The predicted octanol–water partition coefficient (Wildman–Crippen LogP) is 2.47. The second-order valence-corrected chi connectivity index (χ2v) is 3.45. The summed E-state index contributed by atoms with van der Waals surface area (Å²) in [4.78, 5) is 14.8. The van der Waals surface area contributed by atoms with E-state index in [1.807, 2.05) is 18.2 Å². The highest BCUT2D eigenvalue weighted by Crippen LogP contribution is 2.16. The Morgan fingerprint density at radius 3 is 2.85 bits per heavy atom. The summed E-state index contributed by atoms with van der Waals surface area (Å²) in [5.74, 6) is -0.297. The number of ether oxygens (including phenoxy) is 1. The maximum Gasteiger partial charge on any atom is 0.303 e. The largest absolute Gasteiger partial charge is 0.456 e. The summed E-state index contributed by atoms with van der Waals surface area (Å²) < 4.78 is 5.71. The standard InChI is InChI=1S/C9H10BrNO2/c1-6(13-7(2)12)8-4-3-5-9(10)11-8/h3-6H,1-2H3/t6-/m1/s1. The highest BCUT2D eigenvalue weighted by Gasteiger charge is 2.09. The number of rotatable bonds is 2. The number of carbonyl (C=O) groups excluding carboxylic acids is 1. The summed E-state index contributed by atoms with van der Waals surface area (Å²) in [6.07, 6.45) is -0.296. The van der Waals surface area contributed by atoms with Gasteiger partial charge in [-0.05, 0) is 35.0 Å². The van der Waals surface area contributed by atoms with E-state index in [4.69, 9.17) is 4.74 Å². The molecule has 0 amide bonds. The van der Waals surface area contributed by atoms with Crippen molar-refractivity contribution in [3.05, 3.63) is 28.5 Å². The molecular weight excluding hydrogens is 234 g/mol. The molecular formula is C9H10BrNO2. The minimum Gasteiger partial charge on any atom is -0.456 e. The summed E-state index contributed by atoms with van der Waals surface area (Å²) in [5.41, 5.74) is 0.740. The molecule has 4 heteroatoms. The van der Waals surface area contributed by atoms with Crippen molar-refractivity contribution >= 4 is 21.9 Å². The molecule has 0 unspecified atom stereocenters. The molecule has 70 valence electrons. The molecule has 1 aromatic heterocycles. The molecule has 0 aliphatic carbocycles. The quantitative estimate of drug-likeness (QED) is 0.592. The second-order valence-electron chi connectivity index (χ2n) is 2.64. The van der Waals surface area contributed by atoms with Gasteiger partial charge in [0.15, 0.2) is 0 Å². The summed E-state index contributed by atoms with van der Waals surface area (Å²) >= 11 is 3.25. The molecule has 0 saturated heterocycles. The average Bonchev–Trinajstić information content (AvgIpc) is 2.03. The van der Waals surface area contributed by atoms with Crippen molar-refractivity contribution in [1.29, 1.82) is 0 Å². The first-order valence-electron chi connectivity index (χ1n) is 3.89. The Balaban J connectivity index is 2.76. The molecule has 13 heavy (non-hydrogen) atoms. The Morgan fingerprint density at radius 1 is 1.62 bits per heavy atom. The third kappa shape index (κ3) is 3.14. The van der Waals surface area contributed by atoms with E-state index in [9.17, 15) is 4.79 Å². The number of aromatic nitrogens is 1. The highest BCUT2D eigenvalue weighted by atomic mass is 79.9. The fourth-order valence-electron chi connectivity index (χ4n) is 0.960. The van der Waals surface area contributed by atoms with E-state index < -0.39 is 0 Å². The monoisotopic (exact) mass is 243 g/mol. The van der Waals surface area contributed by atoms with Crippen LogP contribution in [0.2, 0.25) is 0 Å². The molecule has 1 atom stereocenters. The van der Waals surface area contributed by atoms with Crippen molar-refractivity contribution < 1.29 is 9.53 Å². The van der Waals surface area contributed by atoms with E-state index in [1.165, 1.54) is 6.92 Å². The maximum absolute atomic E-state index is 10.7. The van der Waals surface area contributed by atoms with Gasteiger partial charge in [-0.3, -0.25) is 4.79 Å². The molecule has 0 aromatic carbocycles. The van der Waals surface area contributed by atoms with E-state index in [0.717, 1.165) is 10.3 Å². The van der Waals surface area contributed by atoms with Crippen LogP contribution in [0.3, 0.4) is 0 Å². The minimum atomic E-state index is -0.297. The summed E-state index contributed by atoms with van der Waals surface area (Å²) in [7, 11) is 0. The molecule has 1 aromatic rings. The number of carbonyl (C=O) groups is 1. The molecule has 0 N–H and O–H groups in total. The summed E-state index contributed by atoms with van der Waals surface area (Å²) in [6, 6.07) is 5.49. The van der Waals surface area contributed by atoms with Gasteiger partial charge in [0.25, 0.3) is 0 Å². The van der Waals surface area contributed by atoms with Crippen LogP contribution in [-0.2, 0) is 9.53 Å². The zero-order chi connectivity index (χ0) is 9.84. The van der Waals surface area contributed by atoms with Gasteiger partial charge in [0, 0.05) is 6.92 Å². The van der Waals surface area contributed by atoms with Gasteiger partial charge in [-0.15, -0.1) is 0 Å². The average molecular weight is 244 g/mol. The van der Waals surface area contributed by atoms with E-state index in [1.54, 1.807) is 6.92 Å². The molecule has 0 aliphatic heterocycles. The van der Waals surface area contributed by atoms with Crippen LogP contribution in [-0.4, -0.2) is 11.0 Å². The zero-order valence-electron chi connectivity index (χ0n) is 7.45. The normalized spacial score (nSPS) is 12.2. The molecule has 0 aliphatic rings. The van der Waals surface area contributed by atoms with Gasteiger partial charge in [0.2, 0.25) is 0 Å². The highest BCUT2D eigenvalue weighted by molar-refractivity contribution is 9.10. The number of pyridine rings is 1. The Hall–Kier alpha value is -0.900. The Kier molecular flexibility index (Phi) is 3.42. The van der Waals surface area contributed by atoms with Crippen molar-refractivity contribution in [2.75, 3.05) is 0 Å². The molecule has 1 rings (SSSR count). The maximum atomic E-state index is 10.7. The Bertz CT molecular complexity index is 314. The second kappa shape index (κ2) is 4.37. The van der Waals surface area contributed by atoms with Crippen LogP contribution in [0, 0.1) is 0 Å². The number of esters is 1. The molecule has 3 nitrogen and oxygen atoms in total. The van der Waals surface area contributed by atoms with E-state index in [2.05, 4.69) is 20.9 Å². The summed E-state index contributed by atoms with van der Waals surface area (Å²) in [5, 5.41) is 0. The predicted molar refractivity (Wildman–Crippen MR) is 52.1 cm³/mol. The van der Waals surface area contributed by atoms with Crippen molar-refractivity contribution in [3.63, 3.8) is 0 Å². The lowest BCUT2D eigenvalue weighted by Crippen LogP contribution is -2.06. The zero-order valence-corrected chi connectivity index (χ0v) is 9.04. The Labute approximate surface area is 85.3 Å². The van der Waals surface area contributed by atoms with Crippen molar-refractivity contribution in [3.8, 4) is 0 Å². The van der Waals surface area contributed by atoms with Crippen LogP contribution >= 0.6 is 15.9 Å². The first kappa shape index (κ1) is 10.2. The lowest BCUT2D eigenvalue weighted by atomic mass is 10.2. The first-order chi connectivity index (χ1) is 6.09. The van der Waals surface area contributed by atoms with Gasteiger partial charge in [-0.25, -0.2) is 4.98 Å². The minimum absolute atomic E-state index is 0.296. The SMILES string of the molecule is CC(=O)O[C@H](C)c1cccc(Br)n1. The molecule has 0 fully saturated rings. The van der Waals surface area contributed by atoms with Crippen LogP contribution in [0.15, 0.2) is 22.8 Å². The number of hydrogen-bond acceptors (Lipinski definition) is 3. The number of halogens is 1. The number of hydrogen-bond donors (Lipinski definition) is 0. The topological polar surface area (TPSA) is 39.2 Å².